The summed E-state index contributed by atoms with van der Waals surface area (Å²) in [6.07, 6.45) is 0. The van der Waals surface area contributed by atoms with Crippen molar-refractivity contribution < 1.29 is 9.53 Å². The first-order valence-corrected chi connectivity index (χ1v) is 9.18. The third kappa shape index (κ3) is 3.93. The quantitative estimate of drug-likeness (QED) is 0.888. The molecule has 6 nitrogen and oxygen atoms in total. The molecule has 1 amide bonds. The molecule has 0 radical (unpaired) electrons. The Morgan fingerprint density at radius 1 is 1.32 bits per heavy atom. The highest BCUT2D eigenvalue weighted by Crippen LogP contribution is 2.25. The Morgan fingerprint density at radius 3 is 2.64 bits per heavy atom. The second kappa shape index (κ2) is 7.84. The van der Waals surface area contributed by atoms with Crippen LogP contribution in [0.2, 0.25) is 0 Å². The second-order valence-electron chi connectivity index (χ2n) is 6.15. The van der Waals surface area contributed by atoms with Crippen LogP contribution in [-0.2, 0) is 11.3 Å². The molecule has 25 heavy (non-hydrogen) atoms. The Balaban J connectivity index is 1.67. The van der Waals surface area contributed by atoms with Gasteiger partial charge in [-0.15, -0.1) is 0 Å². The average molecular weight is 360 g/mol. The Morgan fingerprint density at radius 2 is 2.00 bits per heavy atom. The molecule has 3 rings (SSSR count). The Kier molecular flexibility index (Phi) is 5.55. The molecular weight excluding hydrogens is 336 g/mol. The van der Waals surface area contributed by atoms with Crippen LogP contribution >= 0.6 is 11.5 Å². The number of morpholine rings is 1. The van der Waals surface area contributed by atoms with Gasteiger partial charge in [0.2, 0.25) is 0 Å². The molecule has 1 saturated heterocycles. The van der Waals surface area contributed by atoms with Crippen LogP contribution in [0.15, 0.2) is 24.3 Å². The molecule has 1 aliphatic heterocycles. The molecule has 1 N–H and O–H groups in total. The molecule has 2 aromatic rings. The van der Waals surface area contributed by atoms with Gasteiger partial charge in [-0.3, -0.25) is 4.79 Å². The van der Waals surface area contributed by atoms with Gasteiger partial charge in [0.15, 0.2) is 0 Å². The van der Waals surface area contributed by atoms with Crippen LogP contribution in [-0.4, -0.2) is 55.6 Å². The highest BCUT2D eigenvalue weighted by atomic mass is 32.1. The summed E-state index contributed by atoms with van der Waals surface area (Å²) in [5, 5.41) is 3.87. The zero-order valence-electron chi connectivity index (χ0n) is 14.9. The summed E-state index contributed by atoms with van der Waals surface area (Å²) in [6, 6.07) is 8.42. The summed E-state index contributed by atoms with van der Waals surface area (Å²) < 4.78 is 9.67. The second-order valence-corrected chi connectivity index (χ2v) is 6.92. The van der Waals surface area contributed by atoms with Gasteiger partial charge >= 0.3 is 0 Å². The molecule has 7 heteroatoms. The minimum atomic E-state index is -0.00661. The Hall–Kier alpha value is -2.12. The van der Waals surface area contributed by atoms with E-state index in [2.05, 4.69) is 38.9 Å². The molecule has 0 unspecified atom stereocenters. The molecule has 0 atom stereocenters. The molecule has 0 spiro atoms. The number of benzene rings is 1. The molecule has 1 aromatic heterocycles. The van der Waals surface area contributed by atoms with Crippen LogP contribution in [0.3, 0.4) is 0 Å². The van der Waals surface area contributed by atoms with Crippen molar-refractivity contribution in [3.05, 3.63) is 41.1 Å². The lowest BCUT2D eigenvalue weighted by Crippen LogP contribution is -2.36. The van der Waals surface area contributed by atoms with Gasteiger partial charge in [-0.25, -0.2) is 0 Å². The number of carbonyl (C=O) groups excluding carboxylic acids is 1. The maximum absolute atomic E-state index is 12.8. The third-order valence-corrected chi connectivity index (χ3v) is 5.34. The van der Waals surface area contributed by atoms with E-state index in [-0.39, 0.29) is 5.91 Å². The maximum atomic E-state index is 12.8. The predicted octanol–water partition coefficient (Wildman–Crippen LogP) is 2.60. The van der Waals surface area contributed by atoms with Gasteiger partial charge < -0.3 is 19.9 Å². The van der Waals surface area contributed by atoms with Crippen LogP contribution in [0.1, 0.15) is 21.6 Å². The molecule has 0 bridgehead atoms. The van der Waals surface area contributed by atoms with Crippen molar-refractivity contribution in [2.45, 2.75) is 13.5 Å². The van der Waals surface area contributed by atoms with Crippen LogP contribution in [0, 0.1) is 6.92 Å². The zero-order chi connectivity index (χ0) is 17.8. The fourth-order valence-electron chi connectivity index (χ4n) is 2.96. The summed E-state index contributed by atoms with van der Waals surface area (Å²) in [7, 11) is 3.64. The van der Waals surface area contributed by atoms with E-state index in [0.29, 0.717) is 12.1 Å². The Bertz CT molecular complexity index is 723. The normalized spacial score (nSPS) is 14.4. The topological polar surface area (TPSA) is 57.7 Å². The fourth-order valence-corrected chi connectivity index (χ4v) is 3.70. The van der Waals surface area contributed by atoms with E-state index in [1.807, 2.05) is 21.0 Å². The minimum absolute atomic E-state index is 0.00661. The number of rotatable bonds is 5. The van der Waals surface area contributed by atoms with E-state index in [1.54, 1.807) is 4.90 Å². The molecular formula is C18H24N4O2S. The average Bonchev–Trinajstić information content (AvgIpc) is 3.03. The molecule has 0 saturated carbocycles. The SMILES string of the molecule is CNc1snc(C)c1C(=O)N(C)Cc1ccc(N2CCOCC2)cc1. The van der Waals surface area contributed by atoms with Gasteiger partial charge in [0.1, 0.15) is 5.00 Å². The minimum Gasteiger partial charge on any atom is -0.378 e. The first kappa shape index (κ1) is 17.7. The Labute approximate surface area is 152 Å². The lowest BCUT2D eigenvalue weighted by molar-refractivity contribution is 0.0785. The summed E-state index contributed by atoms with van der Waals surface area (Å²) in [5.74, 6) is -0.00661. The molecule has 1 aromatic carbocycles. The number of nitrogens with one attached hydrogen (secondary N) is 1. The number of aromatic nitrogens is 1. The number of anilines is 2. The third-order valence-electron chi connectivity index (χ3n) is 4.38. The highest BCUT2D eigenvalue weighted by molar-refractivity contribution is 7.10. The van der Waals surface area contributed by atoms with E-state index in [0.717, 1.165) is 42.6 Å². The lowest BCUT2D eigenvalue weighted by Gasteiger charge is -2.29. The standard InChI is InChI=1S/C18H24N4O2S/c1-13-16(17(19-2)25-20-13)18(23)21(3)12-14-4-6-15(7-5-14)22-8-10-24-11-9-22/h4-7,19H,8-12H2,1-3H3. The van der Waals surface area contributed by atoms with Crippen LogP contribution in [0.4, 0.5) is 10.7 Å². The van der Waals surface area contributed by atoms with Crippen LogP contribution in [0.25, 0.3) is 0 Å². The van der Waals surface area contributed by atoms with E-state index in [4.69, 9.17) is 4.74 Å². The maximum Gasteiger partial charge on any atom is 0.258 e. The van der Waals surface area contributed by atoms with Crippen molar-refractivity contribution in [2.24, 2.45) is 0 Å². The van der Waals surface area contributed by atoms with Gasteiger partial charge in [-0.05, 0) is 36.2 Å². The number of hydrogen-bond donors (Lipinski definition) is 1. The number of aryl methyl sites for hydroxylation is 1. The smallest absolute Gasteiger partial charge is 0.258 e. The van der Waals surface area contributed by atoms with Gasteiger partial charge in [0.25, 0.3) is 5.91 Å². The monoisotopic (exact) mass is 360 g/mol. The van der Waals surface area contributed by atoms with E-state index in [9.17, 15) is 4.79 Å². The summed E-state index contributed by atoms with van der Waals surface area (Å²) >= 11 is 1.32. The van der Waals surface area contributed by atoms with Gasteiger partial charge in [0, 0.05) is 39.4 Å². The number of hydrogen-bond acceptors (Lipinski definition) is 6. The molecule has 2 heterocycles. The lowest BCUT2D eigenvalue weighted by atomic mass is 10.1. The number of amides is 1. The molecule has 1 fully saturated rings. The van der Waals surface area contributed by atoms with Gasteiger partial charge in [0.05, 0.1) is 24.5 Å². The van der Waals surface area contributed by atoms with Crippen molar-refractivity contribution >= 4 is 28.1 Å². The van der Waals surface area contributed by atoms with Crippen LogP contribution in [0.5, 0.6) is 0 Å². The van der Waals surface area contributed by atoms with Crippen molar-refractivity contribution in [1.29, 1.82) is 0 Å². The zero-order valence-corrected chi connectivity index (χ0v) is 15.7. The van der Waals surface area contributed by atoms with Gasteiger partial charge in [-0.2, -0.15) is 4.37 Å². The molecule has 1 aliphatic rings. The van der Waals surface area contributed by atoms with E-state index in [1.165, 1.54) is 17.2 Å². The number of nitrogens with zero attached hydrogens (tertiary/aromatic N) is 3. The van der Waals surface area contributed by atoms with Crippen molar-refractivity contribution in [3.8, 4) is 0 Å². The number of carbonyl (C=O) groups is 1. The first-order valence-electron chi connectivity index (χ1n) is 8.41. The summed E-state index contributed by atoms with van der Waals surface area (Å²) in [4.78, 5) is 16.8. The van der Waals surface area contributed by atoms with Crippen LogP contribution < -0.4 is 10.2 Å². The van der Waals surface area contributed by atoms with Gasteiger partial charge in [-0.1, -0.05) is 12.1 Å². The largest absolute Gasteiger partial charge is 0.378 e. The molecule has 134 valence electrons. The van der Waals surface area contributed by atoms with E-state index < -0.39 is 0 Å². The highest BCUT2D eigenvalue weighted by Gasteiger charge is 2.21. The summed E-state index contributed by atoms with van der Waals surface area (Å²) in [6.45, 7) is 5.85. The van der Waals surface area contributed by atoms with Crippen molar-refractivity contribution in [1.82, 2.24) is 9.27 Å². The molecule has 0 aliphatic carbocycles. The van der Waals surface area contributed by atoms with Crippen molar-refractivity contribution in [3.63, 3.8) is 0 Å². The number of ether oxygens (including phenoxy) is 1. The first-order chi connectivity index (χ1) is 12.1. The summed E-state index contributed by atoms with van der Waals surface area (Å²) in [5.41, 5.74) is 3.75. The predicted molar refractivity (Wildman–Crippen MR) is 102 cm³/mol. The fraction of sp³-hybridized carbons (Fsp3) is 0.444. The van der Waals surface area contributed by atoms with E-state index >= 15 is 0 Å². The van der Waals surface area contributed by atoms with Crippen molar-refractivity contribution in [2.75, 3.05) is 50.6 Å².